The molecule has 0 spiro atoms. The second-order valence-electron chi connectivity index (χ2n) is 20.0. The van der Waals surface area contributed by atoms with Gasteiger partial charge >= 0.3 is 11.9 Å². The van der Waals surface area contributed by atoms with Gasteiger partial charge in [-0.1, -0.05) is 108 Å². The van der Waals surface area contributed by atoms with Crippen LogP contribution in [0.1, 0.15) is 62.6 Å². The van der Waals surface area contributed by atoms with Crippen molar-refractivity contribution in [3.8, 4) is 5.75 Å². The lowest BCUT2D eigenvalue weighted by molar-refractivity contribution is -0.179. The van der Waals surface area contributed by atoms with E-state index >= 15 is 0 Å². The fourth-order valence-electron chi connectivity index (χ4n) is 8.92. The number of aromatic nitrogens is 1. The fourth-order valence-corrected chi connectivity index (χ4v) is 14.2. The number of hydrogen-bond donors (Lipinski definition) is 2. The molecule has 4 atom stereocenters. The van der Waals surface area contributed by atoms with Crippen LogP contribution in [0.15, 0.2) is 159 Å². The molecule has 9 rings (SSSR count). The van der Waals surface area contributed by atoms with Crippen LogP contribution in [-0.2, 0) is 56.4 Å². The number of esters is 2. The highest BCUT2D eigenvalue weighted by atomic mass is 32.2. The van der Waals surface area contributed by atoms with Gasteiger partial charge in [-0.15, -0.1) is 34.4 Å². The highest BCUT2D eigenvalue weighted by molar-refractivity contribution is 8.01. The van der Waals surface area contributed by atoms with Crippen LogP contribution in [0.5, 0.6) is 5.75 Å². The number of rotatable bonds is 18. The summed E-state index contributed by atoms with van der Waals surface area (Å²) in [6.45, 7) is 7.60. The average molecular weight is 1120 g/mol. The van der Waals surface area contributed by atoms with Gasteiger partial charge in [-0.3, -0.25) is 23.4 Å². The molecular weight excluding hydrogens is 1060 g/mol. The first-order valence-corrected chi connectivity index (χ1v) is 28.4. The molecule has 2 amide bonds. The van der Waals surface area contributed by atoms with Crippen LogP contribution in [0.3, 0.4) is 0 Å². The van der Waals surface area contributed by atoms with Gasteiger partial charge < -0.3 is 34.6 Å². The van der Waals surface area contributed by atoms with Crippen molar-refractivity contribution in [1.82, 2.24) is 15.2 Å². The van der Waals surface area contributed by atoms with Crippen molar-refractivity contribution >= 4 is 89.9 Å². The number of carbonyl (C=O) groups excluding carboxylic acids is 4. The Hall–Kier alpha value is -7.26. The molecular formula is C57H54FN5O10S4. The predicted molar refractivity (Wildman–Crippen MR) is 297 cm³/mol. The van der Waals surface area contributed by atoms with E-state index in [1.165, 1.54) is 61.5 Å². The smallest absolute Gasteiger partial charge is 0.353 e. The standard InChI is InChI=1S/C57H54FN5O10S4/c1-54(2,3)72-51(67)55(4,5)73-62-46(42-31-74-53(59-42)61-57(36-16-10-7-11-17-36,37-18-12-8-13-19-37)38-20-14-9-15-21-38)48(65)60-47-49(66)63-32-56(34-77(69)50(47)63,52(68)71-30-35-22-25-40(70-6)26-23-35)33-75-45-29-43(64)41-27-24-39(58)28-44(41)76-45/h7-29,31,47,50H,30,32-34H2,1-6H3,(H,59,61)(H,60,65)/t47?,50-,56?,77?/m1/s1. The molecule has 0 bridgehead atoms. The molecule has 2 aromatic heterocycles. The van der Waals surface area contributed by atoms with E-state index in [-0.39, 0.29) is 35.8 Å². The number of β-lactam (4-membered cyclic amide) rings is 1. The number of nitrogens with zero attached hydrogens (tertiary/aromatic N) is 3. The number of ether oxygens (including phenoxy) is 3. The van der Waals surface area contributed by atoms with Gasteiger partial charge in [0.25, 0.3) is 5.91 Å². The number of halogens is 1. The number of hydrogen-bond acceptors (Lipinski definition) is 16. The van der Waals surface area contributed by atoms with E-state index in [9.17, 15) is 32.6 Å². The summed E-state index contributed by atoms with van der Waals surface area (Å²) in [7, 11) is -0.452. The zero-order valence-electron chi connectivity index (χ0n) is 42.8. The Morgan fingerprint density at radius 2 is 1.49 bits per heavy atom. The van der Waals surface area contributed by atoms with Crippen molar-refractivity contribution in [2.75, 3.05) is 30.5 Å². The summed E-state index contributed by atoms with van der Waals surface area (Å²) in [5, 5.41) is 11.9. The Kier molecular flexibility index (Phi) is 15.8. The van der Waals surface area contributed by atoms with E-state index in [1.54, 1.807) is 50.4 Å². The van der Waals surface area contributed by atoms with Crippen LogP contribution in [0.4, 0.5) is 9.52 Å². The Balaban J connectivity index is 1.01. The molecule has 4 heterocycles. The molecule has 2 N–H and O–H groups in total. The number of anilines is 1. The number of nitrogens with one attached hydrogen (secondary N) is 2. The van der Waals surface area contributed by atoms with Crippen molar-refractivity contribution in [2.24, 2.45) is 10.6 Å². The number of carbonyl (C=O) groups is 4. The number of fused-ring (bicyclic) bond motifs is 2. The van der Waals surface area contributed by atoms with Crippen LogP contribution in [0, 0.1) is 11.2 Å². The lowest BCUT2D eigenvalue weighted by atomic mass is 9.77. The van der Waals surface area contributed by atoms with Gasteiger partial charge in [0.2, 0.25) is 11.5 Å². The molecule has 398 valence electrons. The van der Waals surface area contributed by atoms with Crippen LogP contribution >= 0.6 is 34.4 Å². The van der Waals surface area contributed by atoms with Crippen LogP contribution in [0.2, 0.25) is 0 Å². The van der Waals surface area contributed by atoms with E-state index in [0.717, 1.165) is 39.8 Å². The highest BCUT2D eigenvalue weighted by Gasteiger charge is 2.61. The third-order valence-electron chi connectivity index (χ3n) is 12.8. The van der Waals surface area contributed by atoms with E-state index in [2.05, 4.69) is 15.8 Å². The summed E-state index contributed by atoms with van der Waals surface area (Å²) >= 11 is 3.48. The van der Waals surface area contributed by atoms with Crippen molar-refractivity contribution in [1.29, 1.82) is 0 Å². The van der Waals surface area contributed by atoms with Gasteiger partial charge in [0.15, 0.2) is 16.3 Å². The molecule has 2 fully saturated rings. The average Bonchev–Trinajstić information content (AvgIpc) is 3.90. The molecule has 2 aliphatic rings. The highest BCUT2D eigenvalue weighted by Crippen LogP contribution is 2.43. The van der Waals surface area contributed by atoms with Crippen molar-refractivity contribution in [3.63, 3.8) is 0 Å². The largest absolute Gasteiger partial charge is 0.497 e. The SMILES string of the molecule is COc1ccc(COC(=O)C2(CSc3cc(=O)c4ccc(F)cc4s3)CN3C(=O)C(NC(=O)C(=NOC(C)(C)C(=O)OC(C)(C)C)c4csc(NC(c5ccccc5)(c5ccccc5)c5ccccc5)n4)[C@H]3S(=O)C2)cc1. The fraction of sp³-hybridized carbons (Fsp3) is 0.281. The second-order valence-corrected chi connectivity index (χ2v) is 24.7. The molecule has 0 aliphatic carbocycles. The minimum Gasteiger partial charge on any atom is -0.497 e. The third kappa shape index (κ3) is 11.7. The van der Waals surface area contributed by atoms with Gasteiger partial charge in [-0.25, -0.2) is 14.2 Å². The van der Waals surface area contributed by atoms with Gasteiger partial charge in [-0.2, -0.15) is 0 Å². The Morgan fingerprint density at radius 1 is 0.870 bits per heavy atom. The number of amides is 2. The molecule has 3 unspecified atom stereocenters. The Morgan fingerprint density at radius 3 is 2.09 bits per heavy atom. The number of benzene rings is 5. The van der Waals surface area contributed by atoms with E-state index in [1.807, 2.05) is 91.0 Å². The first kappa shape index (κ1) is 54.5. The monoisotopic (exact) mass is 1120 g/mol. The summed E-state index contributed by atoms with van der Waals surface area (Å²) in [6, 6.07) is 40.4. The first-order valence-electron chi connectivity index (χ1n) is 24.3. The molecule has 77 heavy (non-hydrogen) atoms. The van der Waals surface area contributed by atoms with Crippen LogP contribution in [-0.4, -0.2) is 91.3 Å². The van der Waals surface area contributed by atoms with Crippen molar-refractivity contribution in [3.05, 3.63) is 189 Å². The lowest BCUT2D eigenvalue weighted by Gasteiger charge is -2.53. The Labute approximate surface area is 458 Å². The van der Waals surface area contributed by atoms with Gasteiger partial charge in [0.1, 0.15) is 51.8 Å². The second kappa shape index (κ2) is 22.4. The zero-order valence-corrected chi connectivity index (χ0v) is 46.0. The molecule has 20 heteroatoms. The zero-order chi connectivity index (χ0) is 54.7. The van der Waals surface area contributed by atoms with Crippen molar-refractivity contribution < 1.29 is 46.8 Å². The number of thiazole rings is 1. The molecule has 2 saturated heterocycles. The summed E-state index contributed by atoms with van der Waals surface area (Å²) < 4.78 is 46.6. The normalized spacial score (nSPS) is 18.6. The van der Waals surface area contributed by atoms with Gasteiger partial charge in [-0.05, 0) is 87.2 Å². The van der Waals surface area contributed by atoms with E-state index in [4.69, 9.17) is 24.0 Å². The molecule has 5 aromatic carbocycles. The minimum atomic E-state index is -1.98. The maximum atomic E-state index is 14.7. The Bertz CT molecular complexity index is 3350. The summed E-state index contributed by atoms with van der Waals surface area (Å²) in [5.41, 5.74) is -2.52. The maximum absolute atomic E-state index is 14.7. The maximum Gasteiger partial charge on any atom is 0.353 e. The lowest BCUT2D eigenvalue weighted by Crippen LogP contribution is -2.77. The van der Waals surface area contributed by atoms with Crippen LogP contribution < -0.4 is 20.8 Å². The number of thioether (sulfide) groups is 1. The number of oxime groups is 1. The summed E-state index contributed by atoms with van der Waals surface area (Å²) in [4.78, 5) is 82.1. The summed E-state index contributed by atoms with van der Waals surface area (Å²) in [5.74, 6) is -3.30. The van der Waals surface area contributed by atoms with E-state index in [0.29, 0.717) is 30.7 Å². The minimum absolute atomic E-state index is 0.0286. The number of methoxy groups -OCH3 is 1. The van der Waals surface area contributed by atoms with E-state index < -0.39 is 79.7 Å². The molecule has 0 saturated carbocycles. The van der Waals surface area contributed by atoms with Crippen molar-refractivity contribution in [2.45, 2.75) is 73.6 Å². The summed E-state index contributed by atoms with van der Waals surface area (Å²) in [6.07, 6.45) is 0. The predicted octanol–water partition coefficient (Wildman–Crippen LogP) is 9.05. The van der Waals surface area contributed by atoms with Crippen LogP contribution in [0.25, 0.3) is 10.1 Å². The quantitative estimate of drug-likeness (QED) is 0.0207. The molecule has 15 nitrogen and oxygen atoms in total. The third-order valence-corrected chi connectivity index (χ3v) is 18.1. The first-order chi connectivity index (χ1) is 36.8. The molecule has 2 aliphatic heterocycles. The molecule has 7 aromatic rings. The topological polar surface area (TPSA) is 192 Å². The molecule has 0 radical (unpaired) electrons. The van der Waals surface area contributed by atoms with Gasteiger partial charge in [0.05, 0.1) is 11.3 Å². The van der Waals surface area contributed by atoms with Gasteiger partial charge in [0, 0.05) is 50.4 Å².